The number of carbonyl (C=O) groups is 1. The predicted molar refractivity (Wildman–Crippen MR) is 125 cm³/mol. The molecule has 162 valence electrons. The van der Waals surface area contributed by atoms with Crippen LogP contribution in [0.5, 0.6) is 11.5 Å². The number of aryl methyl sites for hydroxylation is 3. The highest BCUT2D eigenvalue weighted by Crippen LogP contribution is 2.26. The predicted octanol–water partition coefficient (Wildman–Crippen LogP) is 5.41. The molecule has 5 nitrogen and oxygen atoms in total. The number of nitrogens with zero attached hydrogens (tertiary/aromatic N) is 1. The van der Waals surface area contributed by atoms with Crippen molar-refractivity contribution in [3.63, 3.8) is 0 Å². The van der Waals surface area contributed by atoms with Crippen LogP contribution in [-0.4, -0.2) is 25.1 Å². The number of aliphatic imine (C=N–C) groups is 1. The molecule has 0 radical (unpaired) electrons. The van der Waals surface area contributed by atoms with E-state index in [0.717, 1.165) is 33.6 Å². The lowest BCUT2D eigenvalue weighted by atomic mass is 10.1. The van der Waals surface area contributed by atoms with Gasteiger partial charge in [-0.2, -0.15) is 0 Å². The molecule has 1 heterocycles. The average Bonchev–Trinajstić information content (AvgIpc) is 3.13. The van der Waals surface area contributed by atoms with Crippen LogP contribution in [0, 0.1) is 20.8 Å². The molecular formula is C27H25NO4. The van der Waals surface area contributed by atoms with Gasteiger partial charge in [0.25, 0.3) is 0 Å². The minimum atomic E-state index is -0.477. The van der Waals surface area contributed by atoms with E-state index in [2.05, 4.69) is 11.1 Å². The zero-order valence-corrected chi connectivity index (χ0v) is 18.4. The van der Waals surface area contributed by atoms with Crippen molar-refractivity contribution in [1.82, 2.24) is 0 Å². The highest BCUT2D eigenvalue weighted by Gasteiger charge is 2.24. The molecule has 0 aliphatic carbocycles. The minimum absolute atomic E-state index is 0.241. The monoisotopic (exact) mass is 427 g/mol. The zero-order chi connectivity index (χ0) is 22.5. The molecule has 1 aliphatic rings. The van der Waals surface area contributed by atoms with Crippen molar-refractivity contribution in [2.24, 2.45) is 4.99 Å². The maximum atomic E-state index is 12.4. The molecule has 4 rings (SSSR count). The Morgan fingerprint density at radius 2 is 1.56 bits per heavy atom. The summed E-state index contributed by atoms with van der Waals surface area (Å²) in [6.45, 7) is 6.85. The SMILES string of the molecule is Cc1cc(C)cc(OCCOc2ccc(C)cc2/C=C2/N=C(c3ccccc3)OC2=O)c1. The molecule has 32 heavy (non-hydrogen) atoms. The number of esters is 1. The lowest BCUT2D eigenvalue weighted by molar-refractivity contribution is -0.129. The zero-order valence-electron chi connectivity index (χ0n) is 18.4. The summed E-state index contributed by atoms with van der Waals surface area (Å²) in [7, 11) is 0. The van der Waals surface area contributed by atoms with E-state index >= 15 is 0 Å². The Labute approximate surface area is 188 Å². The van der Waals surface area contributed by atoms with E-state index in [1.165, 1.54) is 0 Å². The molecule has 0 N–H and O–H groups in total. The molecule has 5 heteroatoms. The maximum Gasteiger partial charge on any atom is 0.363 e. The van der Waals surface area contributed by atoms with Crippen LogP contribution in [0.3, 0.4) is 0 Å². The number of ether oxygens (including phenoxy) is 3. The van der Waals surface area contributed by atoms with Gasteiger partial charge in [0.2, 0.25) is 5.90 Å². The second-order valence-corrected chi connectivity index (χ2v) is 7.76. The Balaban J connectivity index is 1.47. The van der Waals surface area contributed by atoms with Crippen LogP contribution in [-0.2, 0) is 9.53 Å². The van der Waals surface area contributed by atoms with Gasteiger partial charge >= 0.3 is 5.97 Å². The molecule has 0 bridgehead atoms. The summed E-state index contributed by atoms with van der Waals surface area (Å²) >= 11 is 0. The third-order valence-electron chi connectivity index (χ3n) is 4.90. The van der Waals surface area contributed by atoms with E-state index in [0.29, 0.717) is 24.9 Å². The molecule has 0 atom stereocenters. The molecule has 1 aliphatic heterocycles. The van der Waals surface area contributed by atoms with Gasteiger partial charge in [-0.3, -0.25) is 0 Å². The van der Waals surface area contributed by atoms with E-state index < -0.39 is 5.97 Å². The normalized spacial score (nSPS) is 14.3. The van der Waals surface area contributed by atoms with Crippen LogP contribution in [0.2, 0.25) is 0 Å². The number of hydrogen-bond donors (Lipinski definition) is 0. The lowest BCUT2D eigenvalue weighted by Gasteiger charge is -2.12. The van der Waals surface area contributed by atoms with E-state index in [1.54, 1.807) is 6.08 Å². The molecule has 0 saturated carbocycles. The summed E-state index contributed by atoms with van der Waals surface area (Å²) in [5, 5.41) is 0. The third-order valence-corrected chi connectivity index (χ3v) is 4.90. The van der Waals surface area contributed by atoms with Crippen LogP contribution in [0.15, 0.2) is 77.4 Å². The molecule has 0 spiro atoms. The van der Waals surface area contributed by atoms with Crippen molar-refractivity contribution >= 4 is 17.9 Å². The first-order valence-corrected chi connectivity index (χ1v) is 10.5. The first-order valence-electron chi connectivity index (χ1n) is 10.5. The van der Waals surface area contributed by atoms with Gasteiger partial charge in [0.15, 0.2) is 5.70 Å². The van der Waals surface area contributed by atoms with Crippen LogP contribution < -0.4 is 9.47 Å². The Morgan fingerprint density at radius 1 is 0.844 bits per heavy atom. The van der Waals surface area contributed by atoms with Gasteiger partial charge in [0, 0.05) is 11.1 Å². The Morgan fingerprint density at radius 3 is 2.31 bits per heavy atom. The second kappa shape index (κ2) is 9.52. The van der Waals surface area contributed by atoms with Gasteiger partial charge in [-0.1, -0.05) is 35.9 Å². The van der Waals surface area contributed by atoms with Gasteiger partial charge < -0.3 is 14.2 Å². The largest absolute Gasteiger partial charge is 0.490 e. The molecule has 0 saturated heterocycles. The van der Waals surface area contributed by atoms with Gasteiger partial charge in [0.05, 0.1) is 0 Å². The molecule has 3 aromatic carbocycles. The van der Waals surface area contributed by atoms with Crippen molar-refractivity contribution in [2.45, 2.75) is 20.8 Å². The number of carbonyl (C=O) groups excluding carboxylic acids is 1. The van der Waals surface area contributed by atoms with Gasteiger partial charge in [-0.15, -0.1) is 0 Å². The quantitative estimate of drug-likeness (QED) is 0.287. The molecule has 0 unspecified atom stereocenters. The third kappa shape index (κ3) is 5.24. The average molecular weight is 428 g/mol. The summed E-state index contributed by atoms with van der Waals surface area (Å²) in [5.74, 6) is 1.31. The second-order valence-electron chi connectivity index (χ2n) is 7.76. The molecule has 0 fully saturated rings. The van der Waals surface area contributed by atoms with Gasteiger partial charge in [-0.25, -0.2) is 9.79 Å². The number of cyclic esters (lactones) is 1. The maximum absolute atomic E-state index is 12.4. The van der Waals surface area contributed by atoms with Crippen molar-refractivity contribution in [2.75, 3.05) is 13.2 Å². The summed E-state index contributed by atoms with van der Waals surface area (Å²) in [5.41, 5.74) is 5.13. The van der Waals surface area contributed by atoms with Crippen LogP contribution in [0.25, 0.3) is 6.08 Å². The number of hydrogen-bond acceptors (Lipinski definition) is 5. The smallest absolute Gasteiger partial charge is 0.363 e. The summed E-state index contributed by atoms with van der Waals surface area (Å²) in [6, 6.07) is 21.3. The highest BCUT2D eigenvalue weighted by atomic mass is 16.6. The van der Waals surface area contributed by atoms with E-state index in [-0.39, 0.29) is 5.70 Å². The van der Waals surface area contributed by atoms with E-state index in [1.807, 2.05) is 81.4 Å². The number of rotatable bonds is 7. The Bertz CT molecular complexity index is 1180. The Kier molecular flexibility index (Phi) is 6.36. The fourth-order valence-electron chi connectivity index (χ4n) is 3.50. The topological polar surface area (TPSA) is 57.1 Å². The first kappa shape index (κ1) is 21.4. The molecule has 0 aromatic heterocycles. The molecule has 3 aromatic rings. The van der Waals surface area contributed by atoms with Gasteiger partial charge in [0.1, 0.15) is 24.7 Å². The van der Waals surface area contributed by atoms with Gasteiger partial charge in [-0.05, 0) is 74.4 Å². The van der Waals surface area contributed by atoms with E-state index in [9.17, 15) is 4.79 Å². The standard InChI is InChI=1S/C27H25NO4/c1-18-9-10-25(31-12-11-30-23-15-19(2)13-20(3)16-23)22(14-18)17-24-27(29)32-26(28-24)21-7-5-4-6-8-21/h4-10,13-17H,11-12H2,1-3H3/b24-17+. The first-order chi connectivity index (χ1) is 15.5. The highest BCUT2D eigenvalue weighted by molar-refractivity contribution is 6.12. The van der Waals surface area contributed by atoms with Crippen LogP contribution >= 0.6 is 0 Å². The molecular weight excluding hydrogens is 402 g/mol. The van der Waals surface area contributed by atoms with Crippen LogP contribution in [0.4, 0.5) is 0 Å². The summed E-state index contributed by atoms with van der Waals surface area (Å²) in [6.07, 6.45) is 1.70. The van der Waals surface area contributed by atoms with Crippen molar-refractivity contribution in [1.29, 1.82) is 0 Å². The van der Waals surface area contributed by atoms with Crippen molar-refractivity contribution < 1.29 is 19.0 Å². The summed E-state index contributed by atoms with van der Waals surface area (Å²) < 4.78 is 17.1. The van der Waals surface area contributed by atoms with Crippen LogP contribution in [0.1, 0.15) is 27.8 Å². The number of benzene rings is 3. The molecule has 0 amide bonds. The fourth-order valence-corrected chi connectivity index (χ4v) is 3.50. The van der Waals surface area contributed by atoms with Crippen molar-refractivity contribution in [3.05, 3.63) is 100 Å². The van der Waals surface area contributed by atoms with E-state index in [4.69, 9.17) is 14.2 Å². The van der Waals surface area contributed by atoms with Crippen molar-refractivity contribution in [3.8, 4) is 11.5 Å². The summed E-state index contributed by atoms with van der Waals surface area (Å²) in [4.78, 5) is 16.7. The Hall–Kier alpha value is -3.86. The minimum Gasteiger partial charge on any atom is -0.490 e. The fraction of sp³-hybridized carbons (Fsp3) is 0.185. The lowest BCUT2D eigenvalue weighted by Crippen LogP contribution is -2.10.